The molecule has 0 aliphatic rings. The summed E-state index contributed by atoms with van der Waals surface area (Å²) in [4.78, 5) is 11.7. The molecule has 3 nitrogen and oxygen atoms in total. The van der Waals surface area contributed by atoms with Gasteiger partial charge < -0.3 is 4.98 Å². The highest BCUT2D eigenvalue weighted by Gasteiger charge is 2.06. The molecule has 17 heavy (non-hydrogen) atoms. The summed E-state index contributed by atoms with van der Waals surface area (Å²) in [7, 11) is 0. The summed E-state index contributed by atoms with van der Waals surface area (Å²) in [5.74, 6) is 0.794. The third-order valence-corrected chi connectivity index (χ3v) is 3.71. The van der Waals surface area contributed by atoms with Crippen LogP contribution in [-0.4, -0.2) is 15.0 Å². The van der Waals surface area contributed by atoms with Crippen LogP contribution in [0.3, 0.4) is 0 Å². The van der Waals surface area contributed by atoms with Gasteiger partial charge in [-0.15, -0.1) is 0 Å². The first kappa shape index (κ1) is 10.7. The summed E-state index contributed by atoms with van der Waals surface area (Å²) in [6, 6.07) is 7.61. The topological polar surface area (TPSA) is 41.6 Å². The number of pyridine rings is 1. The van der Waals surface area contributed by atoms with Gasteiger partial charge in [-0.25, -0.2) is 4.98 Å². The van der Waals surface area contributed by atoms with E-state index >= 15 is 0 Å². The van der Waals surface area contributed by atoms with Crippen molar-refractivity contribution < 1.29 is 0 Å². The van der Waals surface area contributed by atoms with Crippen molar-refractivity contribution in [1.29, 1.82) is 0 Å². The second-order valence-corrected chi connectivity index (χ2v) is 4.87. The molecule has 1 N–H and O–H groups in total. The molecule has 5 heteroatoms. The van der Waals surface area contributed by atoms with Crippen molar-refractivity contribution in [2.45, 2.75) is 0 Å². The zero-order valence-electron chi connectivity index (χ0n) is 8.61. The van der Waals surface area contributed by atoms with E-state index in [0.717, 1.165) is 26.9 Å². The molecule has 2 heterocycles. The van der Waals surface area contributed by atoms with Crippen LogP contribution in [0.15, 0.2) is 41.1 Å². The van der Waals surface area contributed by atoms with Crippen LogP contribution in [0.4, 0.5) is 0 Å². The first-order valence-electron chi connectivity index (χ1n) is 4.99. The van der Waals surface area contributed by atoms with Crippen LogP contribution in [-0.2, 0) is 0 Å². The lowest BCUT2D eigenvalue weighted by atomic mass is 10.2. The molecule has 1 aromatic carbocycles. The SMILES string of the molecule is Clc1cc(-c2nc3ccncc3[nH]2)ccc1Br. The smallest absolute Gasteiger partial charge is 0.138 e. The van der Waals surface area contributed by atoms with E-state index in [1.807, 2.05) is 24.3 Å². The fourth-order valence-corrected chi connectivity index (χ4v) is 2.06. The van der Waals surface area contributed by atoms with E-state index in [0.29, 0.717) is 5.02 Å². The molecule has 0 fully saturated rings. The standard InChI is InChI=1S/C12H7BrClN3/c13-8-2-1-7(5-9(8)14)12-16-10-3-4-15-6-11(10)17-12/h1-6H,(H,16,17). The lowest BCUT2D eigenvalue weighted by Gasteiger charge is -1.99. The van der Waals surface area contributed by atoms with E-state index in [1.165, 1.54) is 0 Å². The lowest BCUT2D eigenvalue weighted by Crippen LogP contribution is -1.80. The van der Waals surface area contributed by atoms with Crippen molar-refractivity contribution in [3.63, 3.8) is 0 Å². The summed E-state index contributed by atoms with van der Waals surface area (Å²) in [6.07, 6.45) is 3.48. The Labute approximate surface area is 111 Å². The third-order valence-electron chi connectivity index (χ3n) is 2.48. The highest BCUT2D eigenvalue weighted by molar-refractivity contribution is 9.10. The van der Waals surface area contributed by atoms with Gasteiger partial charge >= 0.3 is 0 Å². The Hall–Kier alpha value is -1.39. The zero-order chi connectivity index (χ0) is 11.8. The number of aromatic amines is 1. The van der Waals surface area contributed by atoms with E-state index in [9.17, 15) is 0 Å². The molecule has 0 amide bonds. The van der Waals surface area contributed by atoms with Gasteiger partial charge in [-0.1, -0.05) is 17.7 Å². The van der Waals surface area contributed by atoms with Crippen molar-refractivity contribution in [3.05, 3.63) is 46.2 Å². The quantitative estimate of drug-likeness (QED) is 0.737. The normalized spacial score (nSPS) is 10.9. The van der Waals surface area contributed by atoms with Gasteiger partial charge in [0.25, 0.3) is 0 Å². The number of fused-ring (bicyclic) bond motifs is 1. The number of benzene rings is 1. The number of imidazole rings is 1. The predicted molar refractivity (Wildman–Crippen MR) is 72.0 cm³/mol. The summed E-state index contributed by atoms with van der Waals surface area (Å²) >= 11 is 9.43. The first-order chi connectivity index (χ1) is 8.24. The maximum atomic E-state index is 6.06. The maximum absolute atomic E-state index is 6.06. The highest BCUT2D eigenvalue weighted by Crippen LogP contribution is 2.28. The number of aromatic nitrogens is 3. The fraction of sp³-hybridized carbons (Fsp3) is 0. The third kappa shape index (κ3) is 1.94. The number of H-pyrrole nitrogens is 1. The number of nitrogens with zero attached hydrogens (tertiary/aromatic N) is 2. The Morgan fingerprint density at radius 1 is 1.24 bits per heavy atom. The van der Waals surface area contributed by atoms with Crippen LogP contribution in [0.25, 0.3) is 22.4 Å². The van der Waals surface area contributed by atoms with Crippen LogP contribution in [0.5, 0.6) is 0 Å². The second-order valence-electron chi connectivity index (χ2n) is 3.61. The molecule has 0 aliphatic carbocycles. The highest BCUT2D eigenvalue weighted by atomic mass is 79.9. The number of hydrogen-bond donors (Lipinski definition) is 1. The van der Waals surface area contributed by atoms with Gasteiger partial charge in [0.15, 0.2) is 0 Å². The molecule has 84 valence electrons. The Bertz CT molecular complexity index is 660. The van der Waals surface area contributed by atoms with Crippen molar-refractivity contribution in [3.8, 4) is 11.4 Å². The Morgan fingerprint density at radius 3 is 2.88 bits per heavy atom. The molecule has 2 aromatic heterocycles. The molecular weight excluding hydrogens is 302 g/mol. The first-order valence-corrected chi connectivity index (χ1v) is 6.16. The van der Waals surface area contributed by atoms with E-state index < -0.39 is 0 Å². The van der Waals surface area contributed by atoms with Crippen molar-refractivity contribution in [2.24, 2.45) is 0 Å². The van der Waals surface area contributed by atoms with Crippen LogP contribution in [0, 0.1) is 0 Å². The monoisotopic (exact) mass is 307 g/mol. The van der Waals surface area contributed by atoms with E-state index in [1.54, 1.807) is 12.4 Å². The van der Waals surface area contributed by atoms with E-state index in [4.69, 9.17) is 11.6 Å². The van der Waals surface area contributed by atoms with E-state index in [2.05, 4.69) is 30.9 Å². The molecule has 0 unspecified atom stereocenters. The van der Waals surface area contributed by atoms with Crippen LogP contribution in [0.1, 0.15) is 0 Å². The Balaban J connectivity index is 2.17. The van der Waals surface area contributed by atoms with Crippen molar-refractivity contribution in [1.82, 2.24) is 15.0 Å². The minimum Gasteiger partial charge on any atom is -0.337 e. The second kappa shape index (κ2) is 4.13. The zero-order valence-corrected chi connectivity index (χ0v) is 11.0. The summed E-state index contributed by atoms with van der Waals surface area (Å²) in [5, 5.41) is 0.668. The van der Waals surface area contributed by atoms with Gasteiger partial charge in [0.05, 0.1) is 22.3 Å². The molecule has 0 radical (unpaired) electrons. The van der Waals surface area contributed by atoms with E-state index in [-0.39, 0.29) is 0 Å². The molecule has 3 rings (SSSR count). The Kier molecular flexibility index (Phi) is 2.61. The summed E-state index contributed by atoms with van der Waals surface area (Å²) in [5.41, 5.74) is 2.77. The minimum atomic E-state index is 0.668. The van der Waals surface area contributed by atoms with Gasteiger partial charge in [0.1, 0.15) is 5.82 Å². The summed E-state index contributed by atoms with van der Waals surface area (Å²) in [6.45, 7) is 0. The molecule has 0 spiro atoms. The van der Waals surface area contributed by atoms with Gasteiger partial charge in [-0.3, -0.25) is 4.98 Å². The van der Waals surface area contributed by atoms with Gasteiger partial charge in [0, 0.05) is 16.2 Å². The molecule has 0 atom stereocenters. The minimum absolute atomic E-state index is 0.668. The Morgan fingerprint density at radius 2 is 2.12 bits per heavy atom. The van der Waals surface area contributed by atoms with Crippen molar-refractivity contribution >= 4 is 38.6 Å². The number of halogens is 2. The largest absolute Gasteiger partial charge is 0.337 e. The molecule has 0 bridgehead atoms. The molecule has 0 saturated carbocycles. The predicted octanol–water partition coefficient (Wildman–Crippen LogP) is 4.04. The van der Waals surface area contributed by atoms with Crippen LogP contribution >= 0.6 is 27.5 Å². The lowest BCUT2D eigenvalue weighted by molar-refractivity contribution is 1.32. The maximum Gasteiger partial charge on any atom is 0.138 e. The molecule has 0 saturated heterocycles. The molecule has 3 aromatic rings. The summed E-state index contributed by atoms with van der Waals surface area (Å²) < 4.78 is 0.876. The van der Waals surface area contributed by atoms with Gasteiger partial charge in [0.2, 0.25) is 0 Å². The number of hydrogen-bond acceptors (Lipinski definition) is 2. The van der Waals surface area contributed by atoms with Gasteiger partial charge in [-0.05, 0) is 34.1 Å². The van der Waals surface area contributed by atoms with Gasteiger partial charge in [-0.2, -0.15) is 0 Å². The average molecular weight is 309 g/mol. The average Bonchev–Trinajstić information content (AvgIpc) is 2.76. The van der Waals surface area contributed by atoms with Crippen LogP contribution in [0.2, 0.25) is 5.02 Å². The number of nitrogens with one attached hydrogen (secondary N) is 1. The fourth-order valence-electron chi connectivity index (χ4n) is 1.64. The molecule has 0 aliphatic heterocycles. The number of rotatable bonds is 1. The van der Waals surface area contributed by atoms with Crippen molar-refractivity contribution in [2.75, 3.05) is 0 Å². The molecular formula is C12H7BrClN3. The van der Waals surface area contributed by atoms with Crippen LogP contribution < -0.4 is 0 Å².